The Morgan fingerprint density at radius 3 is 2.93 bits per heavy atom. The number of benzene rings is 1. The molecule has 0 aromatic heterocycles. The molecule has 3 nitrogen and oxygen atoms in total. The van der Waals surface area contributed by atoms with Crippen molar-refractivity contribution in [2.24, 2.45) is 5.73 Å². The molecular formula is C9H10ClFN2O. The van der Waals surface area contributed by atoms with Crippen LogP contribution in [0.1, 0.15) is 6.42 Å². The normalized spacial score (nSPS) is 9.86. The Morgan fingerprint density at radius 1 is 1.57 bits per heavy atom. The number of nitrogens with one attached hydrogen (secondary N) is 1. The third-order valence-electron chi connectivity index (χ3n) is 1.55. The molecule has 1 aromatic carbocycles. The highest BCUT2D eigenvalue weighted by atomic mass is 35.5. The minimum Gasteiger partial charge on any atom is -0.490 e. The standard InChI is InChI=1S/C9H10ClFN2O/c10-6-2-1-3-7(9(6)11)14-5-4-8(12)13/h1-3H,4-5H2,(H3,12,13). The summed E-state index contributed by atoms with van der Waals surface area (Å²) in [5.41, 5.74) is 5.11. The Hall–Kier alpha value is -1.29. The van der Waals surface area contributed by atoms with Gasteiger partial charge in [-0.1, -0.05) is 17.7 Å². The fraction of sp³-hybridized carbons (Fsp3) is 0.222. The van der Waals surface area contributed by atoms with E-state index in [0.29, 0.717) is 0 Å². The van der Waals surface area contributed by atoms with Crippen LogP contribution in [-0.4, -0.2) is 12.4 Å². The SMILES string of the molecule is N=C(N)CCOc1cccc(Cl)c1F. The number of hydrogen-bond donors (Lipinski definition) is 2. The summed E-state index contributed by atoms with van der Waals surface area (Å²) in [6, 6.07) is 4.50. The van der Waals surface area contributed by atoms with E-state index in [1.807, 2.05) is 0 Å². The van der Waals surface area contributed by atoms with Gasteiger partial charge in [-0.2, -0.15) is 0 Å². The van der Waals surface area contributed by atoms with Gasteiger partial charge in [-0.15, -0.1) is 0 Å². The lowest BCUT2D eigenvalue weighted by atomic mass is 10.3. The predicted octanol–water partition coefficient (Wildman–Crippen LogP) is 2.18. The van der Waals surface area contributed by atoms with Gasteiger partial charge in [0.25, 0.3) is 0 Å². The van der Waals surface area contributed by atoms with E-state index in [1.54, 1.807) is 6.07 Å². The number of rotatable bonds is 4. The number of ether oxygens (including phenoxy) is 1. The van der Waals surface area contributed by atoms with Crippen LogP contribution in [0.4, 0.5) is 4.39 Å². The first-order valence-corrected chi connectivity index (χ1v) is 4.38. The fourth-order valence-corrected chi connectivity index (χ4v) is 1.03. The van der Waals surface area contributed by atoms with Crippen LogP contribution >= 0.6 is 11.6 Å². The van der Waals surface area contributed by atoms with E-state index < -0.39 is 5.82 Å². The molecule has 0 spiro atoms. The van der Waals surface area contributed by atoms with Crippen LogP contribution in [0, 0.1) is 11.2 Å². The summed E-state index contributed by atoms with van der Waals surface area (Å²) in [7, 11) is 0. The van der Waals surface area contributed by atoms with Crippen molar-refractivity contribution in [3.8, 4) is 5.75 Å². The molecule has 0 heterocycles. The minimum atomic E-state index is -0.585. The third-order valence-corrected chi connectivity index (χ3v) is 1.84. The van der Waals surface area contributed by atoms with Crippen molar-refractivity contribution in [2.75, 3.05) is 6.61 Å². The van der Waals surface area contributed by atoms with Gasteiger partial charge in [-0.05, 0) is 12.1 Å². The molecule has 5 heteroatoms. The van der Waals surface area contributed by atoms with Gasteiger partial charge in [0.15, 0.2) is 11.6 Å². The van der Waals surface area contributed by atoms with Crippen molar-refractivity contribution in [1.82, 2.24) is 0 Å². The first-order valence-electron chi connectivity index (χ1n) is 4.01. The lowest BCUT2D eigenvalue weighted by molar-refractivity contribution is 0.311. The molecule has 0 atom stereocenters. The van der Waals surface area contributed by atoms with Gasteiger partial charge in [0.05, 0.1) is 17.5 Å². The summed E-state index contributed by atoms with van der Waals surface area (Å²) in [6.07, 6.45) is 0.270. The molecule has 0 aliphatic rings. The molecule has 0 unspecified atom stereocenters. The second-order valence-corrected chi connectivity index (χ2v) is 3.08. The average Bonchev–Trinajstić information content (AvgIpc) is 2.12. The van der Waals surface area contributed by atoms with Crippen molar-refractivity contribution < 1.29 is 9.13 Å². The fourth-order valence-electron chi connectivity index (χ4n) is 0.866. The molecule has 14 heavy (non-hydrogen) atoms. The zero-order valence-corrected chi connectivity index (χ0v) is 8.14. The van der Waals surface area contributed by atoms with E-state index in [0.717, 1.165) is 0 Å². The molecule has 0 fully saturated rings. The highest BCUT2D eigenvalue weighted by Crippen LogP contribution is 2.23. The largest absolute Gasteiger partial charge is 0.490 e. The molecule has 76 valence electrons. The maximum absolute atomic E-state index is 13.2. The summed E-state index contributed by atoms with van der Waals surface area (Å²) >= 11 is 5.53. The number of amidine groups is 1. The van der Waals surface area contributed by atoms with Crippen LogP contribution in [0.5, 0.6) is 5.75 Å². The minimum absolute atomic E-state index is 0.00689. The van der Waals surface area contributed by atoms with E-state index in [4.69, 9.17) is 27.5 Å². The van der Waals surface area contributed by atoms with E-state index in [1.165, 1.54) is 12.1 Å². The number of nitrogens with two attached hydrogens (primary N) is 1. The molecule has 0 saturated carbocycles. The molecule has 0 radical (unpaired) electrons. The molecule has 0 aliphatic carbocycles. The maximum Gasteiger partial charge on any atom is 0.183 e. The molecule has 0 saturated heterocycles. The van der Waals surface area contributed by atoms with Crippen molar-refractivity contribution in [3.05, 3.63) is 29.0 Å². The highest BCUT2D eigenvalue weighted by molar-refractivity contribution is 6.30. The van der Waals surface area contributed by atoms with Gasteiger partial charge in [0, 0.05) is 6.42 Å². The van der Waals surface area contributed by atoms with Crippen molar-refractivity contribution in [2.45, 2.75) is 6.42 Å². The summed E-state index contributed by atoms with van der Waals surface area (Å²) in [6.45, 7) is 0.173. The van der Waals surface area contributed by atoms with Crippen LogP contribution in [0.25, 0.3) is 0 Å². The number of hydrogen-bond acceptors (Lipinski definition) is 2. The van der Waals surface area contributed by atoms with Gasteiger partial charge < -0.3 is 10.5 Å². The van der Waals surface area contributed by atoms with E-state index in [2.05, 4.69) is 0 Å². The summed E-state index contributed by atoms with van der Waals surface area (Å²) in [4.78, 5) is 0. The number of halogens is 2. The van der Waals surface area contributed by atoms with Crippen LogP contribution in [0.2, 0.25) is 5.02 Å². The van der Waals surface area contributed by atoms with Crippen molar-refractivity contribution >= 4 is 17.4 Å². The van der Waals surface area contributed by atoms with E-state index >= 15 is 0 Å². The topological polar surface area (TPSA) is 59.1 Å². The van der Waals surface area contributed by atoms with Crippen molar-refractivity contribution in [1.29, 1.82) is 5.41 Å². The van der Waals surface area contributed by atoms with Crippen LogP contribution in [-0.2, 0) is 0 Å². The van der Waals surface area contributed by atoms with E-state index in [-0.39, 0.29) is 29.6 Å². The van der Waals surface area contributed by atoms with Gasteiger partial charge in [0.1, 0.15) is 0 Å². The van der Waals surface area contributed by atoms with E-state index in [9.17, 15) is 4.39 Å². The average molecular weight is 217 g/mol. The van der Waals surface area contributed by atoms with Gasteiger partial charge >= 0.3 is 0 Å². The Kier molecular flexibility index (Phi) is 3.71. The first kappa shape index (κ1) is 10.8. The zero-order valence-electron chi connectivity index (χ0n) is 7.39. The quantitative estimate of drug-likeness (QED) is 0.599. The second kappa shape index (κ2) is 4.81. The smallest absolute Gasteiger partial charge is 0.183 e. The van der Waals surface area contributed by atoms with Gasteiger partial charge in [0.2, 0.25) is 0 Å². The molecule has 0 bridgehead atoms. The second-order valence-electron chi connectivity index (χ2n) is 2.68. The Bertz CT molecular complexity index is 344. The Labute approximate surface area is 86.1 Å². The van der Waals surface area contributed by atoms with Crippen LogP contribution in [0.3, 0.4) is 0 Å². The monoisotopic (exact) mass is 216 g/mol. The van der Waals surface area contributed by atoms with Crippen molar-refractivity contribution in [3.63, 3.8) is 0 Å². The molecule has 0 amide bonds. The Balaban J connectivity index is 2.59. The zero-order chi connectivity index (χ0) is 10.6. The van der Waals surface area contributed by atoms with Crippen LogP contribution in [0.15, 0.2) is 18.2 Å². The summed E-state index contributed by atoms with van der Waals surface area (Å²) in [5, 5.41) is 6.95. The lowest BCUT2D eigenvalue weighted by Gasteiger charge is -2.06. The summed E-state index contributed by atoms with van der Waals surface area (Å²) in [5.74, 6) is -0.496. The van der Waals surface area contributed by atoms with Gasteiger partial charge in [-0.25, -0.2) is 4.39 Å². The third kappa shape index (κ3) is 2.88. The lowest BCUT2D eigenvalue weighted by Crippen LogP contribution is -2.14. The maximum atomic E-state index is 13.2. The molecule has 3 N–H and O–H groups in total. The van der Waals surface area contributed by atoms with Gasteiger partial charge in [-0.3, -0.25) is 5.41 Å². The predicted molar refractivity (Wildman–Crippen MR) is 53.4 cm³/mol. The Morgan fingerprint density at radius 2 is 2.29 bits per heavy atom. The molecule has 0 aliphatic heterocycles. The molecular weight excluding hydrogens is 207 g/mol. The first-order chi connectivity index (χ1) is 6.61. The van der Waals surface area contributed by atoms with Crippen LogP contribution < -0.4 is 10.5 Å². The molecule has 1 aromatic rings. The molecule has 1 rings (SSSR count). The highest BCUT2D eigenvalue weighted by Gasteiger charge is 2.06. The summed E-state index contributed by atoms with van der Waals surface area (Å²) < 4.78 is 18.2.